The van der Waals surface area contributed by atoms with E-state index in [0.717, 1.165) is 16.8 Å². The number of methoxy groups -OCH3 is 3. The summed E-state index contributed by atoms with van der Waals surface area (Å²) in [6, 6.07) is 11.1. The molecule has 0 radical (unpaired) electrons. The van der Waals surface area contributed by atoms with Gasteiger partial charge in [-0.25, -0.2) is 4.99 Å². The van der Waals surface area contributed by atoms with Crippen molar-refractivity contribution in [3.05, 3.63) is 47.5 Å². The van der Waals surface area contributed by atoms with Gasteiger partial charge in [-0.1, -0.05) is 17.8 Å². The van der Waals surface area contributed by atoms with Gasteiger partial charge in [-0.05, 0) is 49.2 Å². The molecule has 0 bridgehead atoms. The van der Waals surface area contributed by atoms with Gasteiger partial charge < -0.3 is 19.5 Å². The minimum absolute atomic E-state index is 0.00797. The largest absolute Gasteiger partial charge is 0.497 e. The highest BCUT2D eigenvalue weighted by molar-refractivity contribution is 8.15. The molecule has 1 N–H and O–H groups in total. The standard InChI is InChI=1S/C24H29N3O5S/c1-15-10-16(2)12-17(11-15)25-24-27(8-9-30-3)23(29)21(33-24)14-22(28)26-19-7-6-18(31-4)13-20(19)32-5/h6-7,10-13,21H,8-9,14H2,1-5H3,(H,26,28). The third-order valence-corrected chi connectivity index (χ3v) is 6.20. The van der Waals surface area contributed by atoms with Crippen LogP contribution in [0.1, 0.15) is 17.5 Å². The summed E-state index contributed by atoms with van der Waals surface area (Å²) in [5, 5.41) is 2.83. The average Bonchev–Trinajstić information content (AvgIpc) is 3.05. The van der Waals surface area contributed by atoms with E-state index in [1.807, 2.05) is 26.0 Å². The first kappa shape index (κ1) is 24.6. The van der Waals surface area contributed by atoms with Crippen LogP contribution in [0, 0.1) is 13.8 Å². The number of carbonyl (C=O) groups excluding carboxylic acids is 2. The highest BCUT2D eigenvalue weighted by Gasteiger charge is 2.39. The minimum atomic E-state index is -0.573. The van der Waals surface area contributed by atoms with Crippen molar-refractivity contribution < 1.29 is 23.8 Å². The van der Waals surface area contributed by atoms with E-state index in [4.69, 9.17) is 19.2 Å². The molecular formula is C24H29N3O5S. The fraction of sp³-hybridized carbons (Fsp3) is 0.375. The SMILES string of the molecule is COCCN1C(=O)C(CC(=O)Nc2ccc(OC)cc2OC)SC1=Nc1cc(C)cc(C)c1. The third-order valence-electron chi connectivity index (χ3n) is 5.02. The van der Waals surface area contributed by atoms with E-state index in [1.54, 1.807) is 37.3 Å². The molecule has 9 heteroatoms. The Morgan fingerprint density at radius 3 is 2.45 bits per heavy atom. The second-order valence-electron chi connectivity index (χ2n) is 7.65. The highest BCUT2D eigenvalue weighted by atomic mass is 32.2. The molecule has 2 aromatic carbocycles. The summed E-state index contributed by atoms with van der Waals surface area (Å²) in [6.07, 6.45) is 0.00797. The molecule has 1 saturated heterocycles. The Morgan fingerprint density at radius 2 is 1.82 bits per heavy atom. The first-order valence-electron chi connectivity index (χ1n) is 10.5. The van der Waals surface area contributed by atoms with Crippen molar-refractivity contribution in [2.45, 2.75) is 25.5 Å². The van der Waals surface area contributed by atoms with Gasteiger partial charge in [-0.2, -0.15) is 0 Å². The van der Waals surface area contributed by atoms with Crippen LogP contribution in [0.15, 0.2) is 41.4 Å². The molecular weight excluding hydrogens is 442 g/mol. The quantitative estimate of drug-likeness (QED) is 0.596. The van der Waals surface area contributed by atoms with E-state index in [9.17, 15) is 9.59 Å². The highest BCUT2D eigenvalue weighted by Crippen LogP contribution is 2.33. The van der Waals surface area contributed by atoms with Gasteiger partial charge in [0.15, 0.2) is 5.17 Å². The number of amides is 2. The summed E-state index contributed by atoms with van der Waals surface area (Å²) in [5.74, 6) is 0.653. The number of aryl methyl sites for hydroxylation is 2. The second-order valence-corrected chi connectivity index (χ2v) is 8.82. The lowest BCUT2D eigenvalue weighted by Crippen LogP contribution is -2.35. The van der Waals surface area contributed by atoms with E-state index < -0.39 is 5.25 Å². The molecule has 0 aromatic heterocycles. The molecule has 1 heterocycles. The van der Waals surface area contributed by atoms with E-state index in [1.165, 1.54) is 18.9 Å². The number of rotatable bonds is 9. The van der Waals surface area contributed by atoms with E-state index >= 15 is 0 Å². The fourth-order valence-electron chi connectivity index (χ4n) is 3.51. The lowest BCUT2D eigenvalue weighted by Gasteiger charge is -2.16. The molecule has 1 atom stereocenters. The number of ether oxygens (including phenoxy) is 3. The zero-order valence-corrected chi connectivity index (χ0v) is 20.3. The van der Waals surface area contributed by atoms with Crippen molar-refractivity contribution in [3.63, 3.8) is 0 Å². The number of hydrogen-bond donors (Lipinski definition) is 1. The average molecular weight is 472 g/mol. The van der Waals surface area contributed by atoms with Crippen molar-refractivity contribution in [3.8, 4) is 11.5 Å². The van der Waals surface area contributed by atoms with E-state index in [-0.39, 0.29) is 18.2 Å². The number of aliphatic imine (C=N–C) groups is 1. The first-order valence-corrected chi connectivity index (χ1v) is 11.4. The molecule has 2 amide bonds. The molecule has 2 aromatic rings. The van der Waals surface area contributed by atoms with Gasteiger partial charge in [0, 0.05) is 19.6 Å². The second kappa shape index (κ2) is 11.2. The molecule has 1 aliphatic rings. The number of anilines is 1. The molecule has 0 saturated carbocycles. The maximum atomic E-state index is 13.1. The van der Waals surface area contributed by atoms with Crippen LogP contribution in [-0.2, 0) is 14.3 Å². The van der Waals surface area contributed by atoms with Crippen molar-refractivity contribution in [2.75, 3.05) is 39.8 Å². The van der Waals surface area contributed by atoms with Gasteiger partial charge >= 0.3 is 0 Å². The summed E-state index contributed by atoms with van der Waals surface area (Å²) in [7, 11) is 4.66. The monoisotopic (exact) mass is 471 g/mol. The minimum Gasteiger partial charge on any atom is -0.497 e. The van der Waals surface area contributed by atoms with Crippen molar-refractivity contribution in [2.24, 2.45) is 4.99 Å². The number of benzene rings is 2. The Hall–Kier alpha value is -3.04. The summed E-state index contributed by atoms with van der Waals surface area (Å²) < 4.78 is 15.7. The number of amidine groups is 1. The lowest BCUT2D eigenvalue weighted by molar-refractivity contribution is -0.128. The van der Waals surface area contributed by atoms with Gasteiger partial charge in [-0.3, -0.25) is 14.5 Å². The normalized spacial score (nSPS) is 16.9. The first-order chi connectivity index (χ1) is 15.8. The number of carbonyl (C=O) groups is 2. The molecule has 176 valence electrons. The number of thioether (sulfide) groups is 1. The van der Waals surface area contributed by atoms with Crippen LogP contribution in [0.5, 0.6) is 11.5 Å². The Labute approximate surface area is 198 Å². The van der Waals surface area contributed by atoms with E-state index in [0.29, 0.717) is 35.5 Å². The molecule has 1 fully saturated rings. The molecule has 0 aliphatic carbocycles. The van der Waals surface area contributed by atoms with Crippen LogP contribution in [0.4, 0.5) is 11.4 Å². The summed E-state index contributed by atoms with van der Waals surface area (Å²) in [6.45, 7) is 4.76. The molecule has 3 rings (SSSR count). The molecule has 33 heavy (non-hydrogen) atoms. The number of hydrogen-bond acceptors (Lipinski definition) is 7. The fourth-order valence-corrected chi connectivity index (χ4v) is 4.69. The van der Waals surface area contributed by atoms with Crippen LogP contribution in [0.25, 0.3) is 0 Å². The summed E-state index contributed by atoms with van der Waals surface area (Å²) >= 11 is 1.30. The maximum Gasteiger partial charge on any atom is 0.242 e. The van der Waals surface area contributed by atoms with Crippen LogP contribution in [-0.4, -0.2) is 61.6 Å². The Kier molecular flexibility index (Phi) is 8.35. The Balaban J connectivity index is 1.77. The number of nitrogens with one attached hydrogen (secondary N) is 1. The Morgan fingerprint density at radius 1 is 1.09 bits per heavy atom. The molecule has 0 spiro atoms. The zero-order valence-electron chi connectivity index (χ0n) is 19.5. The van der Waals surface area contributed by atoms with Crippen molar-refractivity contribution >= 4 is 40.1 Å². The van der Waals surface area contributed by atoms with Crippen molar-refractivity contribution in [1.29, 1.82) is 0 Å². The van der Waals surface area contributed by atoms with Gasteiger partial charge in [-0.15, -0.1) is 0 Å². The van der Waals surface area contributed by atoms with Crippen LogP contribution in [0.2, 0.25) is 0 Å². The molecule has 8 nitrogen and oxygen atoms in total. The molecule has 1 aliphatic heterocycles. The van der Waals surface area contributed by atoms with Crippen LogP contribution in [0.3, 0.4) is 0 Å². The van der Waals surface area contributed by atoms with Gasteiger partial charge in [0.25, 0.3) is 0 Å². The maximum absolute atomic E-state index is 13.1. The number of nitrogens with zero attached hydrogens (tertiary/aromatic N) is 2. The van der Waals surface area contributed by atoms with Crippen molar-refractivity contribution in [1.82, 2.24) is 4.90 Å². The third kappa shape index (κ3) is 6.27. The smallest absolute Gasteiger partial charge is 0.242 e. The zero-order chi connectivity index (χ0) is 24.0. The summed E-state index contributed by atoms with van der Waals surface area (Å²) in [4.78, 5) is 32.2. The topological polar surface area (TPSA) is 89.5 Å². The predicted octanol–water partition coefficient (Wildman–Crippen LogP) is 3.93. The van der Waals surface area contributed by atoms with Crippen LogP contribution < -0.4 is 14.8 Å². The van der Waals surface area contributed by atoms with Gasteiger partial charge in [0.2, 0.25) is 11.8 Å². The Bertz CT molecular complexity index is 1040. The van der Waals surface area contributed by atoms with Gasteiger partial charge in [0.05, 0.1) is 38.7 Å². The lowest BCUT2D eigenvalue weighted by atomic mass is 10.1. The van der Waals surface area contributed by atoms with Crippen LogP contribution >= 0.6 is 11.8 Å². The molecule has 1 unspecified atom stereocenters. The van der Waals surface area contributed by atoms with Gasteiger partial charge in [0.1, 0.15) is 16.7 Å². The summed E-state index contributed by atoms with van der Waals surface area (Å²) in [5.41, 5.74) is 3.48. The van der Waals surface area contributed by atoms with E-state index in [2.05, 4.69) is 11.4 Å². The predicted molar refractivity (Wildman–Crippen MR) is 131 cm³/mol.